The van der Waals surface area contributed by atoms with Gasteiger partial charge in [-0.1, -0.05) is 15.9 Å². The summed E-state index contributed by atoms with van der Waals surface area (Å²) in [7, 11) is 1.85. The van der Waals surface area contributed by atoms with E-state index in [-0.39, 0.29) is 5.60 Å². The van der Waals surface area contributed by atoms with Gasteiger partial charge in [-0.15, -0.1) is 0 Å². The zero-order chi connectivity index (χ0) is 10.7. The van der Waals surface area contributed by atoms with Crippen molar-refractivity contribution in [1.29, 1.82) is 0 Å². The number of ether oxygens (including phenoxy) is 1. The number of methoxy groups -OCH3 is 1. The highest BCUT2D eigenvalue weighted by molar-refractivity contribution is 9.09. The van der Waals surface area contributed by atoms with Gasteiger partial charge in [-0.3, -0.25) is 0 Å². The molecule has 1 nitrogen and oxygen atoms in total. The van der Waals surface area contributed by atoms with Crippen LogP contribution in [0.5, 0.6) is 0 Å². The van der Waals surface area contributed by atoms with Crippen LogP contribution in [0.2, 0.25) is 0 Å². The Balaban J connectivity index is 1.84. The Morgan fingerprint density at radius 2 is 2.40 bits per heavy atom. The molecule has 0 saturated heterocycles. The Hall–Kier alpha value is 0.140. The average molecular weight is 289 g/mol. The Kier molecular flexibility index (Phi) is 3.86. The van der Waals surface area contributed by atoms with E-state index in [4.69, 9.17) is 4.74 Å². The molecule has 1 aliphatic carbocycles. The molecule has 1 unspecified atom stereocenters. The predicted molar refractivity (Wildman–Crippen MR) is 68.9 cm³/mol. The summed E-state index contributed by atoms with van der Waals surface area (Å²) < 4.78 is 5.64. The smallest absolute Gasteiger partial charge is 0.0689 e. The van der Waals surface area contributed by atoms with Crippen LogP contribution in [0.1, 0.15) is 31.2 Å². The summed E-state index contributed by atoms with van der Waals surface area (Å²) in [5, 5.41) is 4.37. The van der Waals surface area contributed by atoms with Crippen LogP contribution in [0.4, 0.5) is 0 Å². The van der Waals surface area contributed by atoms with Gasteiger partial charge in [0.15, 0.2) is 0 Å². The van der Waals surface area contributed by atoms with E-state index in [2.05, 4.69) is 32.8 Å². The Morgan fingerprint density at radius 3 is 2.87 bits per heavy atom. The van der Waals surface area contributed by atoms with Gasteiger partial charge < -0.3 is 4.74 Å². The van der Waals surface area contributed by atoms with Crippen molar-refractivity contribution in [2.45, 2.75) is 42.5 Å². The fourth-order valence-electron chi connectivity index (χ4n) is 2.20. The zero-order valence-corrected chi connectivity index (χ0v) is 11.4. The first kappa shape index (κ1) is 11.6. The molecule has 0 aliphatic heterocycles. The minimum absolute atomic E-state index is 0.185. The summed E-state index contributed by atoms with van der Waals surface area (Å²) >= 11 is 5.55. The second-order valence-corrected chi connectivity index (χ2v) is 6.45. The summed E-state index contributed by atoms with van der Waals surface area (Å²) in [6, 6.07) is 2.21. The van der Waals surface area contributed by atoms with Crippen LogP contribution < -0.4 is 0 Å². The van der Waals surface area contributed by atoms with Gasteiger partial charge in [-0.25, -0.2) is 0 Å². The number of hydrogen-bond donors (Lipinski definition) is 0. The van der Waals surface area contributed by atoms with Crippen molar-refractivity contribution < 1.29 is 4.74 Å². The molecule has 3 heteroatoms. The van der Waals surface area contributed by atoms with Crippen LogP contribution in [0, 0.1) is 0 Å². The molecule has 1 atom stereocenters. The van der Waals surface area contributed by atoms with E-state index in [9.17, 15) is 0 Å². The Morgan fingerprint density at radius 1 is 1.60 bits per heavy atom. The van der Waals surface area contributed by atoms with E-state index in [1.807, 2.05) is 7.11 Å². The summed E-state index contributed by atoms with van der Waals surface area (Å²) in [4.78, 5) is 0.548. The van der Waals surface area contributed by atoms with Gasteiger partial charge in [0.25, 0.3) is 0 Å². The third-order valence-electron chi connectivity index (χ3n) is 3.33. The zero-order valence-electron chi connectivity index (χ0n) is 9.04. The SMILES string of the molecule is COC1(CC(Br)Cc2ccsc2)CCC1. The van der Waals surface area contributed by atoms with Crippen molar-refractivity contribution >= 4 is 27.3 Å². The first-order valence-electron chi connectivity index (χ1n) is 5.44. The second kappa shape index (κ2) is 4.98. The highest BCUT2D eigenvalue weighted by Gasteiger charge is 2.38. The maximum absolute atomic E-state index is 5.64. The molecule has 1 aromatic heterocycles. The monoisotopic (exact) mass is 288 g/mol. The Bertz CT molecular complexity index is 287. The van der Waals surface area contributed by atoms with Crippen molar-refractivity contribution in [2.75, 3.05) is 7.11 Å². The summed E-state index contributed by atoms with van der Waals surface area (Å²) in [5.74, 6) is 0. The molecule has 1 aromatic rings. The van der Waals surface area contributed by atoms with E-state index in [0.29, 0.717) is 4.83 Å². The normalized spacial score (nSPS) is 20.9. The van der Waals surface area contributed by atoms with Gasteiger partial charge in [-0.2, -0.15) is 11.3 Å². The molecule has 0 aromatic carbocycles. The molecular weight excluding hydrogens is 272 g/mol. The van der Waals surface area contributed by atoms with Gasteiger partial charge in [0.1, 0.15) is 0 Å². The molecule has 1 heterocycles. The van der Waals surface area contributed by atoms with Crippen LogP contribution in [-0.2, 0) is 11.2 Å². The van der Waals surface area contributed by atoms with Crippen LogP contribution in [0.3, 0.4) is 0 Å². The lowest BCUT2D eigenvalue weighted by Crippen LogP contribution is -2.41. The first-order valence-corrected chi connectivity index (χ1v) is 7.30. The maximum Gasteiger partial charge on any atom is 0.0689 e. The summed E-state index contributed by atoms with van der Waals surface area (Å²) in [6.45, 7) is 0. The molecule has 1 fully saturated rings. The van der Waals surface area contributed by atoms with E-state index in [1.165, 1.54) is 24.8 Å². The van der Waals surface area contributed by atoms with E-state index in [1.54, 1.807) is 11.3 Å². The molecule has 2 rings (SSSR count). The maximum atomic E-state index is 5.64. The first-order chi connectivity index (χ1) is 7.24. The van der Waals surface area contributed by atoms with Crippen molar-refractivity contribution in [3.05, 3.63) is 22.4 Å². The van der Waals surface area contributed by atoms with Gasteiger partial charge >= 0.3 is 0 Å². The van der Waals surface area contributed by atoms with Crippen LogP contribution in [-0.4, -0.2) is 17.5 Å². The van der Waals surface area contributed by atoms with Crippen molar-refractivity contribution in [2.24, 2.45) is 0 Å². The highest BCUT2D eigenvalue weighted by Crippen LogP contribution is 2.40. The molecule has 0 radical (unpaired) electrons. The van der Waals surface area contributed by atoms with Crippen molar-refractivity contribution in [3.63, 3.8) is 0 Å². The lowest BCUT2D eigenvalue weighted by molar-refractivity contribution is -0.0770. The van der Waals surface area contributed by atoms with Gasteiger partial charge in [0.05, 0.1) is 5.60 Å². The number of halogens is 1. The number of thiophene rings is 1. The standard InChI is InChI=1S/C12H17BrOS/c1-14-12(4-2-5-12)8-11(13)7-10-3-6-15-9-10/h3,6,9,11H,2,4-5,7-8H2,1H3. The lowest BCUT2D eigenvalue weighted by atomic mass is 9.76. The molecule has 84 valence electrons. The van der Waals surface area contributed by atoms with E-state index < -0.39 is 0 Å². The summed E-state index contributed by atoms with van der Waals surface area (Å²) in [6.07, 6.45) is 6.05. The topological polar surface area (TPSA) is 9.23 Å². The van der Waals surface area contributed by atoms with E-state index >= 15 is 0 Å². The van der Waals surface area contributed by atoms with Crippen LogP contribution in [0.15, 0.2) is 16.8 Å². The van der Waals surface area contributed by atoms with E-state index in [0.717, 1.165) is 12.8 Å². The molecule has 0 spiro atoms. The second-order valence-electron chi connectivity index (χ2n) is 4.38. The van der Waals surface area contributed by atoms with Crippen LogP contribution in [0.25, 0.3) is 0 Å². The molecular formula is C12H17BrOS. The number of alkyl halides is 1. The van der Waals surface area contributed by atoms with Crippen molar-refractivity contribution in [3.8, 4) is 0 Å². The summed E-state index contributed by atoms with van der Waals surface area (Å²) in [5.41, 5.74) is 1.62. The largest absolute Gasteiger partial charge is 0.378 e. The molecule has 0 N–H and O–H groups in total. The molecule has 0 amide bonds. The van der Waals surface area contributed by atoms with Gasteiger partial charge in [0.2, 0.25) is 0 Å². The number of rotatable bonds is 5. The van der Waals surface area contributed by atoms with Crippen molar-refractivity contribution in [1.82, 2.24) is 0 Å². The predicted octanol–water partition coefficient (Wildman–Crippen LogP) is 4.01. The quantitative estimate of drug-likeness (QED) is 0.744. The highest BCUT2D eigenvalue weighted by atomic mass is 79.9. The fraction of sp³-hybridized carbons (Fsp3) is 0.667. The molecule has 15 heavy (non-hydrogen) atoms. The minimum Gasteiger partial charge on any atom is -0.378 e. The van der Waals surface area contributed by atoms with Gasteiger partial charge in [-0.05, 0) is 54.5 Å². The number of hydrogen-bond acceptors (Lipinski definition) is 2. The minimum atomic E-state index is 0.185. The van der Waals surface area contributed by atoms with Crippen LogP contribution >= 0.6 is 27.3 Å². The third kappa shape index (κ3) is 2.83. The lowest BCUT2D eigenvalue weighted by Gasteiger charge is -2.42. The average Bonchev–Trinajstić information content (AvgIpc) is 2.64. The Labute approximate surface area is 104 Å². The fourth-order valence-corrected chi connectivity index (χ4v) is 3.85. The molecule has 0 bridgehead atoms. The van der Waals surface area contributed by atoms with Gasteiger partial charge in [0, 0.05) is 11.9 Å². The molecule has 1 aliphatic rings. The third-order valence-corrected chi connectivity index (χ3v) is 4.71. The molecule has 1 saturated carbocycles.